The van der Waals surface area contributed by atoms with E-state index in [9.17, 15) is 4.39 Å². The molecule has 1 fully saturated rings. The van der Waals surface area contributed by atoms with Gasteiger partial charge in [0, 0.05) is 26.2 Å². The van der Waals surface area contributed by atoms with Gasteiger partial charge in [-0.25, -0.2) is 14.4 Å². The second kappa shape index (κ2) is 5.16. The van der Waals surface area contributed by atoms with Crippen molar-refractivity contribution < 1.29 is 4.39 Å². The number of fused-ring (bicyclic) bond motifs is 1. The van der Waals surface area contributed by atoms with Gasteiger partial charge in [0.1, 0.15) is 11.6 Å². The van der Waals surface area contributed by atoms with Crippen molar-refractivity contribution in [3.8, 4) is 5.82 Å². The number of pyridine rings is 1. The highest BCUT2D eigenvalue weighted by atomic mass is 35.5. The molecule has 0 amide bonds. The first-order valence-electron chi connectivity index (χ1n) is 7.43. The van der Waals surface area contributed by atoms with Gasteiger partial charge in [-0.3, -0.25) is 4.57 Å². The summed E-state index contributed by atoms with van der Waals surface area (Å²) < 4.78 is 16.7. The van der Waals surface area contributed by atoms with Gasteiger partial charge in [0.15, 0.2) is 11.5 Å². The maximum Gasteiger partial charge on any atom is 0.224 e. The molecule has 3 aromatic rings. The van der Waals surface area contributed by atoms with E-state index >= 15 is 0 Å². The number of hydrogen-bond acceptors (Lipinski definition) is 4. The summed E-state index contributed by atoms with van der Waals surface area (Å²) in [5.41, 5.74) is 1.09. The molecule has 0 radical (unpaired) electrons. The lowest BCUT2D eigenvalue weighted by atomic mass is 10.2. The van der Waals surface area contributed by atoms with Gasteiger partial charge >= 0.3 is 0 Å². The van der Waals surface area contributed by atoms with E-state index in [1.165, 1.54) is 6.20 Å². The predicted molar refractivity (Wildman–Crippen MR) is 87.9 cm³/mol. The zero-order valence-electron chi connectivity index (χ0n) is 12.8. The van der Waals surface area contributed by atoms with E-state index in [1.807, 2.05) is 37.2 Å². The summed E-state index contributed by atoms with van der Waals surface area (Å²) in [4.78, 5) is 14.7. The maximum absolute atomic E-state index is 14.9. The Hall–Kier alpha value is -2.21. The van der Waals surface area contributed by atoms with Gasteiger partial charge in [0.2, 0.25) is 5.28 Å². The van der Waals surface area contributed by atoms with Crippen molar-refractivity contribution in [2.75, 3.05) is 19.0 Å². The molecule has 0 aromatic carbocycles. The van der Waals surface area contributed by atoms with E-state index < -0.39 is 0 Å². The van der Waals surface area contributed by atoms with Gasteiger partial charge in [-0.1, -0.05) is 6.07 Å². The second-order valence-electron chi connectivity index (χ2n) is 5.93. The third-order valence-electron chi connectivity index (χ3n) is 4.02. The predicted octanol–water partition coefficient (Wildman–Crippen LogP) is 3.55. The molecule has 118 valence electrons. The van der Waals surface area contributed by atoms with Gasteiger partial charge in [0.05, 0.1) is 11.1 Å². The van der Waals surface area contributed by atoms with E-state index in [4.69, 9.17) is 11.6 Å². The van der Waals surface area contributed by atoms with Crippen molar-refractivity contribution in [1.82, 2.24) is 19.5 Å². The molecule has 0 unspecified atom stereocenters. The van der Waals surface area contributed by atoms with Crippen molar-refractivity contribution in [3.63, 3.8) is 0 Å². The van der Waals surface area contributed by atoms with Crippen LogP contribution in [0.15, 0.2) is 24.4 Å². The first-order chi connectivity index (χ1) is 11.1. The molecule has 7 heteroatoms. The molecule has 3 heterocycles. The van der Waals surface area contributed by atoms with Gasteiger partial charge in [-0.05, 0) is 36.6 Å². The molecular formula is C16H15ClFN5. The summed E-state index contributed by atoms with van der Waals surface area (Å²) in [7, 11) is 3.84. The van der Waals surface area contributed by atoms with Crippen LogP contribution in [0.2, 0.25) is 5.28 Å². The minimum atomic E-state index is -0.267. The Labute approximate surface area is 137 Å². The standard InChI is InChI=1S/C16H15ClFN5/c1-22(2)11-4-3-5-12(20-11)23-14(9-6-7-9)13(18)10-8-19-16(17)21-15(10)23/h3-5,8-9H,6-7H2,1-2H3. The number of rotatable bonds is 3. The Morgan fingerprint density at radius 1 is 1.26 bits per heavy atom. The van der Waals surface area contributed by atoms with Crippen molar-refractivity contribution in [2.45, 2.75) is 18.8 Å². The summed E-state index contributed by atoms with van der Waals surface area (Å²) in [6.07, 6.45) is 3.39. The van der Waals surface area contributed by atoms with E-state index in [0.29, 0.717) is 22.5 Å². The van der Waals surface area contributed by atoms with Crippen molar-refractivity contribution in [2.24, 2.45) is 0 Å². The Balaban J connectivity index is 2.03. The van der Waals surface area contributed by atoms with Crippen molar-refractivity contribution in [3.05, 3.63) is 41.2 Å². The highest BCUT2D eigenvalue weighted by Crippen LogP contribution is 2.44. The van der Waals surface area contributed by atoms with Crippen LogP contribution in [-0.4, -0.2) is 33.6 Å². The fourth-order valence-corrected chi connectivity index (χ4v) is 2.89. The molecule has 1 aliphatic carbocycles. The third kappa shape index (κ3) is 2.34. The molecule has 4 rings (SSSR count). The summed E-state index contributed by atoms with van der Waals surface area (Å²) in [5, 5.41) is 0.482. The summed E-state index contributed by atoms with van der Waals surface area (Å²) >= 11 is 5.93. The van der Waals surface area contributed by atoms with Crippen LogP contribution in [0, 0.1) is 5.82 Å². The Bertz CT molecular complexity index is 901. The molecule has 1 aliphatic rings. The number of anilines is 1. The molecule has 0 bridgehead atoms. The van der Waals surface area contributed by atoms with E-state index in [-0.39, 0.29) is 17.0 Å². The first-order valence-corrected chi connectivity index (χ1v) is 7.81. The van der Waals surface area contributed by atoms with Crippen LogP contribution in [-0.2, 0) is 0 Å². The van der Waals surface area contributed by atoms with Crippen LogP contribution in [0.5, 0.6) is 0 Å². The van der Waals surface area contributed by atoms with E-state index in [2.05, 4.69) is 15.0 Å². The van der Waals surface area contributed by atoms with Gasteiger partial charge < -0.3 is 4.90 Å². The van der Waals surface area contributed by atoms with Crippen LogP contribution >= 0.6 is 11.6 Å². The number of hydrogen-bond donors (Lipinski definition) is 0. The maximum atomic E-state index is 14.9. The van der Waals surface area contributed by atoms with Crippen LogP contribution in [0.4, 0.5) is 10.2 Å². The van der Waals surface area contributed by atoms with Crippen LogP contribution in [0.1, 0.15) is 24.5 Å². The molecule has 5 nitrogen and oxygen atoms in total. The Morgan fingerprint density at radius 3 is 2.74 bits per heavy atom. The lowest BCUT2D eigenvalue weighted by Crippen LogP contribution is -2.12. The molecule has 3 aromatic heterocycles. The SMILES string of the molecule is CN(C)c1cccc(-n2c(C3CC3)c(F)c3cnc(Cl)nc32)n1. The first kappa shape index (κ1) is 14.4. The zero-order chi connectivity index (χ0) is 16.1. The average Bonchev–Trinajstić information content (AvgIpc) is 3.32. The minimum Gasteiger partial charge on any atom is -0.363 e. The highest BCUT2D eigenvalue weighted by molar-refractivity contribution is 6.28. The normalized spacial score (nSPS) is 14.4. The number of nitrogens with zero attached hydrogens (tertiary/aromatic N) is 5. The summed E-state index contributed by atoms with van der Waals surface area (Å²) in [6, 6.07) is 5.67. The molecule has 23 heavy (non-hydrogen) atoms. The molecule has 0 atom stereocenters. The minimum absolute atomic E-state index is 0.0994. The fourth-order valence-electron chi connectivity index (χ4n) is 2.76. The monoisotopic (exact) mass is 331 g/mol. The zero-order valence-corrected chi connectivity index (χ0v) is 13.5. The highest BCUT2D eigenvalue weighted by Gasteiger charge is 2.34. The molecule has 0 saturated heterocycles. The van der Waals surface area contributed by atoms with Gasteiger partial charge in [-0.2, -0.15) is 4.98 Å². The van der Waals surface area contributed by atoms with Gasteiger partial charge in [-0.15, -0.1) is 0 Å². The third-order valence-corrected chi connectivity index (χ3v) is 4.21. The summed E-state index contributed by atoms with van der Waals surface area (Å²) in [5.74, 6) is 1.37. The van der Waals surface area contributed by atoms with Crippen molar-refractivity contribution >= 4 is 28.5 Å². The second-order valence-corrected chi connectivity index (χ2v) is 6.27. The molecule has 0 aliphatic heterocycles. The van der Waals surface area contributed by atoms with E-state index in [1.54, 1.807) is 4.57 Å². The van der Waals surface area contributed by atoms with E-state index in [0.717, 1.165) is 18.7 Å². The van der Waals surface area contributed by atoms with Gasteiger partial charge in [0.25, 0.3) is 0 Å². The fraction of sp³-hybridized carbons (Fsp3) is 0.312. The number of halogens is 2. The largest absolute Gasteiger partial charge is 0.363 e. The van der Waals surface area contributed by atoms with Crippen LogP contribution in [0.3, 0.4) is 0 Å². The Morgan fingerprint density at radius 2 is 2.04 bits per heavy atom. The molecular weight excluding hydrogens is 317 g/mol. The summed E-state index contributed by atoms with van der Waals surface area (Å²) in [6.45, 7) is 0. The molecule has 0 N–H and O–H groups in total. The Kier molecular flexibility index (Phi) is 3.23. The number of aromatic nitrogens is 4. The van der Waals surface area contributed by atoms with Crippen LogP contribution < -0.4 is 4.90 Å². The topological polar surface area (TPSA) is 46.8 Å². The lowest BCUT2D eigenvalue weighted by molar-refractivity contribution is 0.613. The average molecular weight is 332 g/mol. The van der Waals surface area contributed by atoms with Crippen molar-refractivity contribution in [1.29, 1.82) is 0 Å². The lowest BCUT2D eigenvalue weighted by Gasteiger charge is -2.14. The van der Waals surface area contributed by atoms with Crippen LogP contribution in [0.25, 0.3) is 16.9 Å². The quantitative estimate of drug-likeness (QED) is 0.689. The smallest absolute Gasteiger partial charge is 0.224 e. The molecule has 0 spiro atoms. The molecule has 1 saturated carbocycles.